The summed E-state index contributed by atoms with van der Waals surface area (Å²) in [5.74, 6) is -3.68. The molecule has 0 amide bonds. The third kappa shape index (κ3) is 3.02. The summed E-state index contributed by atoms with van der Waals surface area (Å²) >= 11 is 0. The van der Waals surface area contributed by atoms with Gasteiger partial charge in [-0.05, 0) is 24.3 Å². The molecule has 1 nitrogen and oxygen atoms in total. The number of halogens is 6. The molecule has 0 saturated carbocycles. The molecule has 0 aliphatic carbocycles. The molecule has 0 fully saturated rings. The molecule has 0 heterocycles. The minimum Gasteiger partial charge on any atom is -0.383 e. The predicted octanol–water partition coefficient (Wildman–Crippen LogP) is 4.20. The fraction of sp³-hybridized carbons (Fsp3) is 0.143. The summed E-state index contributed by atoms with van der Waals surface area (Å²) in [4.78, 5) is 0. The summed E-state index contributed by atoms with van der Waals surface area (Å²) < 4.78 is 78.1. The average molecular weight is 306 g/mol. The molecule has 2 rings (SSSR count). The van der Waals surface area contributed by atoms with Gasteiger partial charge in [-0.25, -0.2) is 13.2 Å². The monoisotopic (exact) mass is 306 g/mol. The number of hydrogen-bond acceptors (Lipinski definition) is 1. The standard InChI is InChI=1S/C14H8F6O/c15-7-4-5-11(16)9(6-7)13(21)8-2-1-3-10(12(8)17)14(18,19)20/h1-6,13,21H. The average Bonchev–Trinajstić information content (AvgIpc) is 2.39. The molecule has 0 aromatic heterocycles. The van der Waals surface area contributed by atoms with Crippen molar-refractivity contribution in [2.45, 2.75) is 12.3 Å². The zero-order valence-electron chi connectivity index (χ0n) is 10.3. The predicted molar refractivity (Wildman–Crippen MR) is 61.8 cm³/mol. The van der Waals surface area contributed by atoms with Gasteiger partial charge in [0.05, 0.1) is 5.56 Å². The number of benzene rings is 2. The van der Waals surface area contributed by atoms with Crippen LogP contribution in [0.5, 0.6) is 0 Å². The number of hydrogen-bond donors (Lipinski definition) is 1. The van der Waals surface area contributed by atoms with Crippen molar-refractivity contribution in [3.05, 3.63) is 70.5 Å². The second kappa shape index (κ2) is 5.40. The summed E-state index contributed by atoms with van der Waals surface area (Å²) in [6.07, 6.45) is -7.01. The zero-order valence-corrected chi connectivity index (χ0v) is 10.3. The Hall–Kier alpha value is -2.02. The van der Waals surface area contributed by atoms with Gasteiger partial charge in [0.25, 0.3) is 0 Å². The Balaban J connectivity index is 2.54. The molecule has 21 heavy (non-hydrogen) atoms. The Morgan fingerprint density at radius 3 is 2.19 bits per heavy atom. The molecule has 1 N–H and O–H groups in total. The van der Waals surface area contributed by atoms with Crippen LogP contribution in [0.25, 0.3) is 0 Å². The zero-order chi connectivity index (χ0) is 15.8. The highest BCUT2D eigenvalue weighted by atomic mass is 19.4. The summed E-state index contributed by atoms with van der Waals surface area (Å²) in [6.45, 7) is 0. The molecule has 0 bridgehead atoms. The summed E-state index contributed by atoms with van der Waals surface area (Å²) in [5, 5.41) is 9.85. The van der Waals surface area contributed by atoms with Gasteiger partial charge in [-0.3, -0.25) is 0 Å². The van der Waals surface area contributed by atoms with Crippen molar-refractivity contribution in [2.75, 3.05) is 0 Å². The van der Waals surface area contributed by atoms with Crippen LogP contribution in [0.3, 0.4) is 0 Å². The van der Waals surface area contributed by atoms with Gasteiger partial charge < -0.3 is 5.11 Å². The van der Waals surface area contributed by atoms with E-state index in [0.29, 0.717) is 18.2 Å². The van der Waals surface area contributed by atoms with E-state index in [1.165, 1.54) is 0 Å². The molecule has 0 spiro atoms. The maximum Gasteiger partial charge on any atom is 0.419 e. The number of alkyl halides is 3. The third-order valence-electron chi connectivity index (χ3n) is 2.88. The van der Waals surface area contributed by atoms with Crippen molar-refractivity contribution in [3.63, 3.8) is 0 Å². The van der Waals surface area contributed by atoms with Crippen LogP contribution < -0.4 is 0 Å². The van der Waals surface area contributed by atoms with E-state index in [9.17, 15) is 31.4 Å². The second-order valence-corrected chi connectivity index (χ2v) is 4.27. The van der Waals surface area contributed by atoms with Gasteiger partial charge in [-0.1, -0.05) is 12.1 Å². The van der Waals surface area contributed by atoms with Crippen LogP contribution in [-0.4, -0.2) is 5.11 Å². The largest absolute Gasteiger partial charge is 0.419 e. The SMILES string of the molecule is OC(c1cc(F)ccc1F)c1cccc(C(F)(F)F)c1F. The normalized spacial score (nSPS) is 13.3. The van der Waals surface area contributed by atoms with Gasteiger partial charge >= 0.3 is 6.18 Å². The van der Waals surface area contributed by atoms with Crippen LogP contribution >= 0.6 is 0 Å². The lowest BCUT2D eigenvalue weighted by atomic mass is 9.98. The number of aliphatic hydroxyl groups is 1. The van der Waals surface area contributed by atoms with Crippen LogP contribution in [0, 0.1) is 17.5 Å². The van der Waals surface area contributed by atoms with E-state index < -0.39 is 46.4 Å². The molecule has 1 unspecified atom stereocenters. The minimum atomic E-state index is -4.96. The highest BCUT2D eigenvalue weighted by Crippen LogP contribution is 2.35. The van der Waals surface area contributed by atoms with Crippen LogP contribution in [0.2, 0.25) is 0 Å². The fourth-order valence-corrected chi connectivity index (χ4v) is 1.87. The quantitative estimate of drug-likeness (QED) is 0.824. The van der Waals surface area contributed by atoms with E-state index in [1.807, 2.05) is 0 Å². The first-order chi connectivity index (χ1) is 9.71. The van der Waals surface area contributed by atoms with Crippen molar-refractivity contribution in [3.8, 4) is 0 Å². The Morgan fingerprint density at radius 1 is 0.905 bits per heavy atom. The molecule has 112 valence electrons. The van der Waals surface area contributed by atoms with E-state index in [1.54, 1.807) is 0 Å². The van der Waals surface area contributed by atoms with Gasteiger partial charge in [0.2, 0.25) is 0 Å². The number of rotatable bonds is 2. The van der Waals surface area contributed by atoms with Crippen molar-refractivity contribution in [1.29, 1.82) is 0 Å². The molecule has 0 aliphatic heterocycles. The van der Waals surface area contributed by atoms with Crippen molar-refractivity contribution >= 4 is 0 Å². The van der Waals surface area contributed by atoms with Gasteiger partial charge in [0, 0.05) is 11.1 Å². The van der Waals surface area contributed by atoms with E-state index in [4.69, 9.17) is 0 Å². The molecule has 0 radical (unpaired) electrons. The topological polar surface area (TPSA) is 20.2 Å². The van der Waals surface area contributed by atoms with Crippen LogP contribution in [0.1, 0.15) is 22.8 Å². The van der Waals surface area contributed by atoms with Crippen molar-refractivity contribution in [1.82, 2.24) is 0 Å². The molecular formula is C14H8F6O. The van der Waals surface area contributed by atoms with Gasteiger partial charge in [0.15, 0.2) is 0 Å². The van der Waals surface area contributed by atoms with Crippen LogP contribution in [-0.2, 0) is 6.18 Å². The van der Waals surface area contributed by atoms with Crippen molar-refractivity contribution in [2.24, 2.45) is 0 Å². The maximum atomic E-state index is 13.8. The smallest absolute Gasteiger partial charge is 0.383 e. The summed E-state index contributed by atoms with van der Waals surface area (Å²) in [7, 11) is 0. The van der Waals surface area contributed by atoms with Crippen LogP contribution in [0.4, 0.5) is 26.3 Å². The lowest BCUT2D eigenvalue weighted by Gasteiger charge is -2.16. The molecule has 0 aliphatic rings. The fourth-order valence-electron chi connectivity index (χ4n) is 1.87. The van der Waals surface area contributed by atoms with E-state index >= 15 is 0 Å². The Labute approximate surface area is 115 Å². The first-order valence-electron chi connectivity index (χ1n) is 5.70. The highest BCUT2D eigenvalue weighted by Gasteiger charge is 2.36. The minimum absolute atomic E-state index is 0.494. The first kappa shape index (κ1) is 15.4. The Kier molecular flexibility index (Phi) is 3.95. The Morgan fingerprint density at radius 2 is 1.57 bits per heavy atom. The van der Waals surface area contributed by atoms with Gasteiger partial charge in [-0.15, -0.1) is 0 Å². The van der Waals surface area contributed by atoms with E-state index in [0.717, 1.165) is 18.2 Å². The summed E-state index contributed by atoms with van der Waals surface area (Å²) in [5.41, 5.74) is -3.02. The first-order valence-corrected chi connectivity index (χ1v) is 5.70. The molecule has 1 atom stereocenters. The van der Waals surface area contributed by atoms with E-state index in [-0.39, 0.29) is 0 Å². The van der Waals surface area contributed by atoms with Gasteiger partial charge in [0.1, 0.15) is 23.6 Å². The lowest BCUT2D eigenvalue weighted by molar-refractivity contribution is -0.140. The lowest BCUT2D eigenvalue weighted by Crippen LogP contribution is -2.13. The molecular weight excluding hydrogens is 298 g/mol. The highest BCUT2D eigenvalue weighted by molar-refractivity contribution is 5.36. The molecule has 2 aromatic carbocycles. The van der Waals surface area contributed by atoms with E-state index in [2.05, 4.69) is 0 Å². The van der Waals surface area contributed by atoms with Crippen LogP contribution in [0.15, 0.2) is 36.4 Å². The molecule has 0 saturated heterocycles. The molecule has 2 aromatic rings. The number of aliphatic hydroxyl groups excluding tert-OH is 1. The van der Waals surface area contributed by atoms with Crippen molar-refractivity contribution < 1.29 is 31.4 Å². The molecule has 7 heteroatoms. The second-order valence-electron chi connectivity index (χ2n) is 4.27. The Bertz CT molecular complexity index is 665. The third-order valence-corrected chi connectivity index (χ3v) is 2.88. The summed E-state index contributed by atoms with van der Waals surface area (Å²) in [6, 6.07) is 4.31. The van der Waals surface area contributed by atoms with Gasteiger partial charge in [-0.2, -0.15) is 13.2 Å². The maximum absolute atomic E-state index is 13.8.